The number of nitrogens with zero attached hydrogens (tertiary/aromatic N) is 3. The molecular weight excluding hydrogens is 214 g/mol. The van der Waals surface area contributed by atoms with Gasteiger partial charge in [-0.2, -0.15) is 4.98 Å². The minimum absolute atomic E-state index is 0.538. The zero-order valence-corrected chi connectivity index (χ0v) is 11.7. The van der Waals surface area contributed by atoms with Gasteiger partial charge >= 0.3 is 0 Å². The van der Waals surface area contributed by atoms with Gasteiger partial charge in [-0.3, -0.25) is 4.90 Å². The van der Waals surface area contributed by atoms with Gasteiger partial charge in [0.1, 0.15) is 0 Å². The van der Waals surface area contributed by atoms with E-state index in [9.17, 15) is 0 Å². The maximum absolute atomic E-state index is 5.24. The monoisotopic (exact) mass is 239 g/mol. The number of rotatable bonds is 7. The summed E-state index contributed by atoms with van der Waals surface area (Å²) in [4.78, 5) is 6.65. The van der Waals surface area contributed by atoms with E-state index < -0.39 is 0 Å². The molecule has 0 aromatic carbocycles. The minimum atomic E-state index is 0.538. The lowest BCUT2D eigenvalue weighted by atomic mass is 10.0. The van der Waals surface area contributed by atoms with Gasteiger partial charge in [0.2, 0.25) is 5.89 Å². The van der Waals surface area contributed by atoms with Crippen molar-refractivity contribution in [2.45, 2.75) is 59.5 Å². The summed E-state index contributed by atoms with van der Waals surface area (Å²) in [7, 11) is 2.11. The van der Waals surface area contributed by atoms with Gasteiger partial charge in [0.15, 0.2) is 5.82 Å². The van der Waals surface area contributed by atoms with E-state index in [0.29, 0.717) is 12.0 Å². The Kier molecular flexibility index (Phi) is 5.62. The summed E-state index contributed by atoms with van der Waals surface area (Å²) in [5.41, 5.74) is 0. The van der Waals surface area contributed by atoms with Crippen LogP contribution in [0.2, 0.25) is 0 Å². The van der Waals surface area contributed by atoms with Crippen LogP contribution in [0.4, 0.5) is 0 Å². The average molecular weight is 239 g/mol. The molecule has 1 aromatic heterocycles. The first-order chi connectivity index (χ1) is 8.02. The predicted molar refractivity (Wildman–Crippen MR) is 68.7 cm³/mol. The Morgan fingerprint density at radius 1 is 1.29 bits per heavy atom. The molecule has 0 aliphatic rings. The maximum Gasteiger partial charge on any atom is 0.240 e. The largest absolute Gasteiger partial charge is 0.338 e. The maximum atomic E-state index is 5.24. The van der Waals surface area contributed by atoms with E-state index in [1.54, 1.807) is 0 Å². The van der Waals surface area contributed by atoms with Gasteiger partial charge in [0.25, 0.3) is 0 Å². The van der Waals surface area contributed by atoms with Gasteiger partial charge < -0.3 is 4.52 Å². The number of aryl methyl sites for hydroxylation is 1. The van der Waals surface area contributed by atoms with Crippen molar-refractivity contribution < 1.29 is 4.52 Å². The molecule has 0 radical (unpaired) electrons. The van der Waals surface area contributed by atoms with E-state index in [2.05, 4.69) is 49.8 Å². The van der Waals surface area contributed by atoms with Gasteiger partial charge in [-0.1, -0.05) is 25.9 Å². The molecule has 0 bridgehead atoms. The van der Waals surface area contributed by atoms with Crippen molar-refractivity contribution in [2.24, 2.45) is 5.92 Å². The first kappa shape index (κ1) is 14.2. The highest BCUT2D eigenvalue weighted by molar-refractivity contribution is 4.86. The summed E-state index contributed by atoms with van der Waals surface area (Å²) >= 11 is 0. The zero-order valence-electron chi connectivity index (χ0n) is 11.7. The Balaban J connectivity index is 2.46. The highest BCUT2D eigenvalue weighted by Crippen LogP contribution is 2.12. The lowest BCUT2D eigenvalue weighted by molar-refractivity contribution is 0.194. The van der Waals surface area contributed by atoms with Crippen molar-refractivity contribution in [1.82, 2.24) is 15.0 Å². The van der Waals surface area contributed by atoms with Crippen LogP contribution >= 0.6 is 0 Å². The average Bonchev–Trinajstić information content (AvgIpc) is 2.65. The lowest BCUT2D eigenvalue weighted by Crippen LogP contribution is -2.29. The van der Waals surface area contributed by atoms with Crippen LogP contribution in [-0.4, -0.2) is 28.1 Å². The van der Waals surface area contributed by atoms with Crippen molar-refractivity contribution >= 4 is 0 Å². The smallest absolute Gasteiger partial charge is 0.240 e. The summed E-state index contributed by atoms with van der Waals surface area (Å²) in [6, 6.07) is 0.538. The molecule has 0 fully saturated rings. The number of aromatic nitrogens is 2. The Bertz CT molecular complexity index is 322. The van der Waals surface area contributed by atoms with Crippen molar-refractivity contribution in [3.63, 3.8) is 0 Å². The molecule has 0 saturated heterocycles. The molecule has 0 unspecified atom stereocenters. The van der Waals surface area contributed by atoms with E-state index in [1.165, 1.54) is 6.42 Å². The second-order valence-electron chi connectivity index (χ2n) is 5.25. The molecule has 4 nitrogen and oxygen atoms in total. The summed E-state index contributed by atoms with van der Waals surface area (Å²) in [6.45, 7) is 9.59. The Morgan fingerprint density at radius 2 is 2.00 bits per heavy atom. The van der Waals surface area contributed by atoms with E-state index in [4.69, 9.17) is 4.52 Å². The van der Waals surface area contributed by atoms with Gasteiger partial charge in [0, 0.05) is 12.5 Å². The van der Waals surface area contributed by atoms with Crippen molar-refractivity contribution in [3.8, 4) is 0 Å². The van der Waals surface area contributed by atoms with Crippen LogP contribution in [0.5, 0.6) is 0 Å². The van der Waals surface area contributed by atoms with Gasteiger partial charge in [-0.25, -0.2) is 0 Å². The third-order valence-corrected chi connectivity index (χ3v) is 2.93. The SMILES string of the molecule is CCCc1noc(CN(C)[C@@H](C)CC(C)C)n1. The zero-order chi connectivity index (χ0) is 12.8. The minimum Gasteiger partial charge on any atom is -0.338 e. The third-order valence-electron chi connectivity index (χ3n) is 2.93. The molecule has 1 rings (SSSR count). The quantitative estimate of drug-likeness (QED) is 0.733. The van der Waals surface area contributed by atoms with Crippen molar-refractivity contribution in [1.29, 1.82) is 0 Å². The number of hydrogen-bond donors (Lipinski definition) is 0. The normalized spacial score (nSPS) is 13.6. The predicted octanol–water partition coefficient (Wildman–Crippen LogP) is 2.89. The molecule has 0 saturated carbocycles. The summed E-state index contributed by atoms with van der Waals surface area (Å²) in [5, 5.41) is 3.97. The summed E-state index contributed by atoms with van der Waals surface area (Å²) < 4.78 is 5.24. The molecule has 0 spiro atoms. The fourth-order valence-corrected chi connectivity index (χ4v) is 1.91. The van der Waals surface area contributed by atoms with Gasteiger partial charge in [-0.05, 0) is 32.7 Å². The molecule has 98 valence electrons. The highest BCUT2D eigenvalue weighted by Gasteiger charge is 2.14. The van der Waals surface area contributed by atoms with Crippen LogP contribution in [0, 0.1) is 5.92 Å². The molecule has 1 atom stereocenters. The van der Waals surface area contributed by atoms with E-state index in [0.717, 1.165) is 31.1 Å². The fraction of sp³-hybridized carbons (Fsp3) is 0.846. The van der Waals surface area contributed by atoms with Crippen LogP contribution in [0.1, 0.15) is 52.3 Å². The molecular formula is C13H25N3O. The van der Waals surface area contributed by atoms with E-state index in [-0.39, 0.29) is 0 Å². The summed E-state index contributed by atoms with van der Waals surface area (Å²) in [6.07, 6.45) is 3.14. The van der Waals surface area contributed by atoms with Crippen LogP contribution in [0.15, 0.2) is 4.52 Å². The first-order valence-electron chi connectivity index (χ1n) is 6.54. The van der Waals surface area contributed by atoms with E-state index in [1.807, 2.05) is 0 Å². The van der Waals surface area contributed by atoms with Crippen LogP contribution in [-0.2, 0) is 13.0 Å². The molecule has 4 heteroatoms. The van der Waals surface area contributed by atoms with Gasteiger partial charge in [0.05, 0.1) is 6.54 Å². The molecule has 0 amide bonds. The Morgan fingerprint density at radius 3 is 2.59 bits per heavy atom. The van der Waals surface area contributed by atoms with Crippen LogP contribution in [0.25, 0.3) is 0 Å². The first-order valence-corrected chi connectivity index (χ1v) is 6.54. The second-order valence-corrected chi connectivity index (χ2v) is 5.25. The fourth-order valence-electron chi connectivity index (χ4n) is 1.91. The van der Waals surface area contributed by atoms with Gasteiger partial charge in [-0.15, -0.1) is 0 Å². The second kappa shape index (κ2) is 6.74. The molecule has 17 heavy (non-hydrogen) atoms. The highest BCUT2D eigenvalue weighted by atomic mass is 16.5. The number of hydrogen-bond acceptors (Lipinski definition) is 4. The standard InChI is InChI=1S/C13H25N3O/c1-6-7-12-14-13(17-15-12)9-16(5)11(4)8-10(2)3/h10-11H,6-9H2,1-5H3/t11-/m0/s1. The van der Waals surface area contributed by atoms with Crippen molar-refractivity contribution in [2.75, 3.05) is 7.05 Å². The lowest BCUT2D eigenvalue weighted by Gasteiger charge is -2.24. The van der Waals surface area contributed by atoms with E-state index >= 15 is 0 Å². The topological polar surface area (TPSA) is 42.2 Å². The summed E-state index contributed by atoms with van der Waals surface area (Å²) in [5.74, 6) is 2.27. The Hall–Kier alpha value is -0.900. The molecule has 0 aliphatic carbocycles. The molecule has 0 aliphatic heterocycles. The Labute approximate surface area is 104 Å². The molecule has 0 N–H and O–H groups in total. The van der Waals surface area contributed by atoms with Crippen LogP contribution in [0.3, 0.4) is 0 Å². The molecule has 1 heterocycles. The van der Waals surface area contributed by atoms with Crippen molar-refractivity contribution in [3.05, 3.63) is 11.7 Å². The molecule has 1 aromatic rings. The van der Waals surface area contributed by atoms with Crippen LogP contribution < -0.4 is 0 Å². The third kappa shape index (κ3) is 4.86.